The van der Waals surface area contributed by atoms with E-state index in [9.17, 15) is 0 Å². The number of hydrogen-bond donors (Lipinski definition) is 2. The molecule has 1 aromatic heterocycles. The van der Waals surface area contributed by atoms with Gasteiger partial charge in [0.25, 0.3) is 0 Å². The molecular weight excluding hydrogens is 318 g/mol. The Balaban J connectivity index is 2.58. The molecule has 116 valence electrons. The summed E-state index contributed by atoms with van der Waals surface area (Å²) in [6.07, 6.45) is 4.17. The number of rotatable bonds is 10. The van der Waals surface area contributed by atoms with Crippen molar-refractivity contribution in [2.24, 2.45) is 5.92 Å². The monoisotopic (exact) mass is 345 g/mol. The van der Waals surface area contributed by atoms with Crippen LogP contribution in [0.15, 0.2) is 4.47 Å². The van der Waals surface area contributed by atoms with E-state index in [0.29, 0.717) is 5.92 Å². The molecule has 1 aromatic rings. The van der Waals surface area contributed by atoms with Crippen molar-refractivity contribution in [2.75, 3.05) is 13.2 Å². The molecule has 1 rings (SSSR count). The largest absolute Gasteiger partial charge is 0.396 e. The van der Waals surface area contributed by atoms with Crippen molar-refractivity contribution in [3.63, 3.8) is 0 Å². The molecule has 5 heteroatoms. The van der Waals surface area contributed by atoms with E-state index in [0.717, 1.165) is 42.6 Å². The zero-order valence-electron chi connectivity index (χ0n) is 13.0. The number of aliphatic hydroxyl groups is 1. The average molecular weight is 346 g/mol. The lowest BCUT2D eigenvalue weighted by Gasteiger charge is -2.16. The van der Waals surface area contributed by atoms with Crippen LogP contribution in [0, 0.1) is 5.92 Å². The van der Waals surface area contributed by atoms with Gasteiger partial charge >= 0.3 is 0 Å². The van der Waals surface area contributed by atoms with Gasteiger partial charge in [-0.1, -0.05) is 20.3 Å². The predicted octanol–water partition coefficient (Wildman–Crippen LogP) is 3.12. The first-order chi connectivity index (χ1) is 9.67. The number of nitrogens with zero attached hydrogens (tertiary/aromatic N) is 2. The molecule has 0 aliphatic carbocycles. The summed E-state index contributed by atoms with van der Waals surface area (Å²) in [5.74, 6) is 0.562. The minimum Gasteiger partial charge on any atom is -0.396 e. The fraction of sp³-hybridized carbons (Fsp3) is 0.800. The molecule has 2 N–H and O–H groups in total. The van der Waals surface area contributed by atoms with Gasteiger partial charge in [-0.2, -0.15) is 5.10 Å². The first kappa shape index (κ1) is 17.7. The van der Waals surface area contributed by atoms with Crippen molar-refractivity contribution >= 4 is 15.9 Å². The van der Waals surface area contributed by atoms with Crippen LogP contribution in [0.25, 0.3) is 0 Å². The number of hydrogen-bond acceptors (Lipinski definition) is 3. The first-order valence-electron chi connectivity index (χ1n) is 7.73. The van der Waals surface area contributed by atoms with Crippen LogP contribution in [0.5, 0.6) is 0 Å². The second-order valence-electron chi connectivity index (χ2n) is 5.17. The van der Waals surface area contributed by atoms with E-state index in [4.69, 9.17) is 5.11 Å². The van der Waals surface area contributed by atoms with Gasteiger partial charge < -0.3 is 10.4 Å². The van der Waals surface area contributed by atoms with Crippen LogP contribution in [0.4, 0.5) is 0 Å². The third kappa shape index (κ3) is 4.86. The van der Waals surface area contributed by atoms with Crippen LogP contribution < -0.4 is 5.32 Å². The van der Waals surface area contributed by atoms with E-state index in [1.807, 2.05) is 0 Å². The van der Waals surface area contributed by atoms with E-state index in [1.54, 1.807) is 0 Å². The van der Waals surface area contributed by atoms with Gasteiger partial charge in [0.15, 0.2) is 0 Å². The van der Waals surface area contributed by atoms with Gasteiger partial charge in [0, 0.05) is 19.7 Å². The smallest absolute Gasteiger partial charge is 0.0767 e. The topological polar surface area (TPSA) is 50.1 Å². The summed E-state index contributed by atoms with van der Waals surface area (Å²) in [7, 11) is 0. The van der Waals surface area contributed by atoms with E-state index in [-0.39, 0.29) is 6.61 Å². The first-order valence-corrected chi connectivity index (χ1v) is 8.52. The predicted molar refractivity (Wildman–Crippen MR) is 86.8 cm³/mol. The molecule has 20 heavy (non-hydrogen) atoms. The maximum Gasteiger partial charge on any atom is 0.0767 e. The Bertz CT molecular complexity index is 387. The molecule has 0 aliphatic rings. The Hall–Kier alpha value is -0.390. The van der Waals surface area contributed by atoms with Crippen molar-refractivity contribution in [1.82, 2.24) is 15.1 Å². The molecule has 0 saturated carbocycles. The third-order valence-corrected chi connectivity index (χ3v) is 4.57. The Morgan fingerprint density at radius 2 is 2.05 bits per heavy atom. The average Bonchev–Trinajstić information content (AvgIpc) is 2.75. The quantitative estimate of drug-likeness (QED) is 0.684. The highest BCUT2D eigenvalue weighted by Gasteiger charge is 2.14. The highest BCUT2D eigenvalue weighted by Crippen LogP contribution is 2.22. The van der Waals surface area contributed by atoms with Crippen LogP contribution >= 0.6 is 15.9 Å². The minimum absolute atomic E-state index is 0.281. The van der Waals surface area contributed by atoms with E-state index in [2.05, 4.69) is 51.8 Å². The minimum atomic E-state index is 0.281. The molecule has 1 atom stereocenters. The summed E-state index contributed by atoms with van der Waals surface area (Å²) < 4.78 is 3.21. The number of aromatic nitrogens is 2. The van der Waals surface area contributed by atoms with Crippen molar-refractivity contribution in [1.29, 1.82) is 0 Å². The Morgan fingerprint density at radius 3 is 2.60 bits per heavy atom. The fourth-order valence-electron chi connectivity index (χ4n) is 2.52. The highest BCUT2D eigenvalue weighted by molar-refractivity contribution is 9.10. The molecule has 0 saturated heterocycles. The van der Waals surface area contributed by atoms with Crippen LogP contribution in [0.1, 0.15) is 51.4 Å². The van der Waals surface area contributed by atoms with Crippen molar-refractivity contribution in [3.05, 3.63) is 15.9 Å². The van der Waals surface area contributed by atoms with Crippen molar-refractivity contribution in [3.8, 4) is 0 Å². The Labute approximate surface area is 131 Å². The summed E-state index contributed by atoms with van der Waals surface area (Å²) in [6.45, 7) is 9.40. The van der Waals surface area contributed by atoms with Crippen LogP contribution in [-0.4, -0.2) is 28.0 Å². The highest BCUT2D eigenvalue weighted by atomic mass is 79.9. The maximum atomic E-state index is 9.09. The Kier molecular flexibility index (Phi) is 8.41. The molecule has 0 spiro atoms. The molecule has 0 amide bonds. The number of aliphatic hydroxyl groups excluding tert-OH is 1. The molecule has 1 heterocycles. The van der Waals surface area contributed by atoms with Crippen molar-refractivity contribution < 1.29 is 5.11 Å². The standard InChI is InChI=1S/C15H28BrN3O/c1-4-7-12(8-9-20)10-17-11-14-15(16)13(5-2)18-19(14)6-3/h12,17,20H,4-11H2,1-3H3. The van der Waals surface area contributed by atoms with Gasteiger partial charge in [-0.25, -0.2) is 0 Å². The second kappa shape index (κ2) is 9.53. The lowest BCUT2D eigenvalue weighted by Crippen LogP contribution is -2.24. The van der Waals surface area contributed by atoms with Gasteiger partial charge in [0.2, 0.25) is 0 Å². The summed E-state index contributed by atoms with van der Waals surface area (Å²) in [5, 5.41) is 17.2. The van der Waals surface area contributed by atoms with E-state index < -0.39 is 0 Å². The Morgan fingerprint density at radius 1 is 1.30 bits per heavy atom. The lowest BCUT2D eigenvalue weighted by atomic mass is 10.0. The van der Waals surface area contributed by atoms with E-state index in [1.165, 1.54) is 18.5 Å². The van der Waals surface area contributed by atoms with E-state index >= 15 is 0 Å². The fourth-order valence-corrected chi connectivity index (χ4v) is 3.22. The van der Waals surface area contributed by atoms with Crippen LogP contribution in [0.3, 0.4) is 0 Å². The number of halogens is 1. The van der Waals surface area contributed by atoms with Gasteiger partial charge in [-0.15, -0.1) is 0 Å². The molecule has 4 nitrogen and oxygen atoms in total. The summed E-state index contributed by atoms with van der Waals surface area (Å²) in [5.41, 5.74) is 2.35. The van der Waals surface area contributed by atoms with Gasteiger partial charge in [0.05, 0.1) is 15.9 Å². The summed E-state index contributed by atoms with van der Waals surface area (Å²) in [4.78, 5) is 0. The number of aryl methyl sites for hydroxylation is 2. The third-order valence-electron chi connectivity index (χ3n) is 3.65. The second-order valence-corrected chi connectivity index (χ2v) is 5.97. The normalized spacial score (nSPS) is 12.8. The SMILES string of the molecule is CCCC(CCO)CNCc1c(Br)c(CC)nn1CC. The molecule has 0 aliphatic heterocycles. The molecule has 1 unspecified atom stereocenters. The van der Waals surface area contributed by atoms with Gasteiger partial charge in [-0.05, 0) is 54.6 Å². The molecule has 0 aromatic carbocycles. The van der Waals surface area contributed by atoms with Crippen LogP contribution in [-0.2, 0) is 19.5 Å². The van der Waals surface area contributed by atoms with Gasteiger partial charge in [0.1, 0.15) is 0 Å². The molecule has 0 fully saturated rings. The zero-order valence-corrected chi connectivity index (χ0v) is 14.5. The lowest BCUT2D eigenvalue weighted by molar-refractivity contribution is 0.247. The summed E-state index contributed by atoms with van der Waals surface area (Å²) in [6, 6.07) is 0. The zero-order chi connectivity index (χ0) is 15.0. The van der Waals surface area contributed by atoms with Crippen molar-refractivity contribution in [2.45, 2.75) is 59.5 Å². The molecule has 0 radical (unpaired) electrons. The molecule has 0 bridgehead atoms. The van der Waals surface area contributed by atoms with Gasteiger partial charge in [-0.3, -0.25) is 4.68 Å². The summed E-state index contributed by atoms with van der Waals surface area (Å²) >= 11 is 3.67. The maximum absolute atomic E-state index is 9.09. The van der Waals surface area contributed by atoms with Crippen LogP contribution in [0.2, 0.25) is 0 Å². The molecular formula is C15H28BrN3O. The number of nitrogens with one attached hydrogen (secondary N) is 1.